The molecule has 4 rings (SSSR count). The van der Waals surface area contributed by atoms with Crippen LogP contribution in [0.1, 0.15) is 6.42 Å². The molecule has 2 fully saturated rings. The highest BCUT2D eigenvalue weighted by Gasteiger charge is 2.35. The second kappa shape index (κ2) is 10.2. The van der Waals surface area contributed by atoms with Crippen molar-refractivity contribution < 1.29 is 14.4 Å². The number of nitrogens with one attached hydrogen (secondary N) is 2. The Morgan fingerprint density at radius 1 is 1.00 bits per heavy atom. The molecule has 168 valence electrons. The van der Waals surface area contributed by atoms with Gasteiger partial charge in [0.25, 0.3) is 0 Å². The molecule has 32 heavy (non-hydrogen) atoms. The highest BCUT2D eigenvalue weighted by molar-refractivity contribution is 5.97. The fraction of sp³-hybridized carbons (Fsp3) is 0.409. The minimum atomic E-state index is -0.807. The molecule has 0 unspecified atom stereocenters. The van der Waals surface area contributed by atoms with Gasteiger partial charge in [0.1, 0.15) is 6.04 Å². The molecule has 1 atom stereocenters. The predicted molar refractivity (Wildman–Crippen MR) is 119 cm³/mol. The van der Waals surface area contributed by atoms with Crippen molar-refractivity contribution >= 4 is 29.4 Å². The molecule has 2 aliphatic rings. The topological polar surface area (TPSA) is 111 Å². The van der Waals surface area contributed by atoms with Crippen LogP contribution in [0.25, 0.3) is 0 Å². The van der Waals surface area contributed by atoms with E-state index in [0.717, 1.165) is 13.1 Å². The Labute approximate surface area is 186 Å². The maximum atomic E-state index is 13.0. The minimum Gasteiger partial charge on any atom is -0.353 e. The Hall–Kier alpha value is -3.53. The number of nitrogens with zero attached hydrogens (tertiary/aromatic N) is 5. The van der Waals surface area contributed by atoms with E-state index >= 15 is 0 Å². The average Bonchev–Trinajstić information content (AvgIpc) is 2.82. The smallest absolute Gasteiger partial charge is 0.243 e. The Balaban J connectivity index is 1.32. The molecule has 10 heteroatoms. The molecular formula is C22H27N7O3. The molecule has 0 aliphatic carbocycles. The highest BCUT2D eigenvalue weighted by Crippen LogP contribution is 2.14. The maximum Gasteiger partial charge on any atom is 0.243 e. The van der Waals surface area contributed by atoms with E-state index in [4.69, 9.17) is 0 Å². The lowest BCUT2D eigenvalue weighted by atomic mass is 10.1. The number of amides is 3. The second-order valence-corrected chi connectivity index (χ2v) is 7.82. The number of carbonyl (C=O) groups excluding carboxylic acids is 3. The molecular weight excluding hydrogens is 410 g/mol. The Bertz CT molecular complexity index is 933. The molecule has 1 aromatic carbocycles. The van der Waals surface area contributed by atoms with Crippen LogP contribution in [-0.2, 0) is 14.4 Å². The van der Waals surface area contributed by atoms with Gasteiger partial charge in [-0.25, -0.2) is 9.97 Å². The number of hydrogen-bond donors (Lipinski definition) is 2. The number of carbonyl (C=O) groups is 3. The van der Waals surface area contributed by atoms with Gasteiger partial charge in [-0.05, 0) is 18.2 Å². The molecule has 1 aromatic heterocycles. The summed E-state index contributed by atoms with van der Waals surface area (Å²) in [7, 11) is 0. The molecule has 0 saturated carbocycles. The van der Waals surface area contributed by atoms with Crippen LogP contribution >= 0.6 is 0 Å². The molecule has 2 aliphatic heterocycles. The molecule has 0 radical (unpaired) electrons. The van der Waals surface area contributed by atoms with Gasteiger partial charge in [-0.15, -0.1) is 0 Å². The van der Waals surface area contributed by atoms with Crippen LogP contribution < -0.4 is 15.5 Å². The van der Waals surface area contributed by atoms with Crippen molar-refractivity contribution in [2.24, 2.45) is 0 Å². The summed E-state index contributed by atoms with van der Waals surface area (Å²) in [5.74, 6) is -0.0381. The number of rotatable bonds is 6. The van der Waals surface area contributed by atoms with E-state index < -0.39 is 6.04 Å². The lowest BCUT2D eigenvalue weighted by Gasteiger charge is -2.38. The van der Waals surface area contributed by atoms with E-state index in [1.165, 1.54) is 4.90 Å². The van der Waals surface area contributed by atoms with Crippen molar-refractivity contribution in [1.29, 1.82) is 0 Å². The summed E-state index contributed by atoms with van der Waals surface area (Å²) in [5, 5.41) is 5.55. The lowest BCUT2D eigenvalue weighted by Crippen LogP contribution is -2.60. The zero-order valence-electron chi connectivity index (χ0n) is 17.8. The maximum absolute atomic E-state index is 13.0. The molecule has 0 spiro atoms. The number of hydrogen-bond acceptors (Lipinski definition) is 7. The largest absolute Gasteiger partial charge is 0.353 e. The number of anilines is 2. The van der Waals surface area contributed by atoms with Crippen molar-refractivity contribution in [3.8, 4) is 0 Å². The monoisotopic (exact) mass is 437 g/mol. The first-order valence-corrected chi connectivity index (χ1v) is 10.8. The van der Waals surface area contributed by atoms with E-state index in [0.29, 0.717) is 37.8 Å². The average molecular weight is 438 g/mol. The Morgan fingerprint density at radius 2 is 1.72 bits per heavy atom. The zero-order chi connectivity index (χ0) is 22.3. The summed E-state index contributed by atoms with van der Waals surface area (Å²) in [6.07, 6.45) is 3.35. The molecule has 3 heterocycles. The van der Waals surface area contributed by atoms with Gasteiger partial charge < -0.3 is 20.4 Å². The van der Waals surface area contributed by atoms with Crippen LogP contribution in [0.15, 0.2) is 48.8 Å². The van der Waals surface area contributed by atoms with Gasteiger partial charge in [0.2, 0.25) is 23.7 Å². The van der Waals surface area contributed by atoms with Crippen LogP contribution in [0.3, 0.4) is 0 Å². The fourth-order valence-electron chi connectivity index (χ4n) is 3.97. The zero-order valence-corrected chi connectivity index (χ0v) is 17.8. The third-order valence-corrected chi connectivity index (χ3v) is 5.65. The predicted octanol–water partition coefficient (Wildman–Crippen LogP) is -0.0456. The Kier molecular flexibility index (Phi) is 6.90. The second-order valence-electron chi connectivity index (χ2n) is 7.82. The summed E-state index contributed by atoms with van der Waals surface area (Å²) < 4.78 is 0. The summed E-state index contributed by atoms with van der Waals surface area (Å²) in [5.41, 5.74) is 0.659. The SMILES string of the molecule is O=C(C[C@@H]1C(=O)NCCN1C(=O)CN1CCN(c2ncccn2)CC1)Nc1ccccc1. The molecule has 0 bridgehead atoms. The van der Waals surface area contributed by atoms with Gasteiger partial charge >= 0.3 is 0 Å². The van der Waals surface area contributed by atoms with Crippen molar-refractivity contribution in [3.63, 3.8) is 0 Å². The van der Waals surface area contributed by atoms with Crippen molar-refractivity contribution in [3.05, 3.63) is 48.8 Å². The van der Waals surface area contributed by atoms with Crippen molar-refractivity contribution in [2.45, 2.75) is 12.5 Å². The molecule has 2 N–H and O–H groups in total. The third kappa shape index (κ3) is 5.38. The standard InChI is InChI=1S/C22H27N7O3/c30-19(26-17-5-2-1-3-6-17)15-18-21(32)23-9-10-29(18)20(31)16-27-11-13-28(14-12-27)22-24-7-4-8-25-22/h1-8,18H,9-16H2,(H,23,32)(H,26,30)/t18-/m1/s1. The van der Waals surface area contributed by atoms with Gasteiger partial charge in [0, 0.05) is 57.3 Å². The number of para-hydroxylation sites is 1. The van der Waals surface area contributed by atoms with Gasteiger partial charge in [-0.1, -0.05) is 18.2 Å². The highest BCUT2D eigenvalue weighted by atomic mass is 16.2. The van der Waals surface area contributed by atoms with Gasteiger partial charge in [0.15, 0.2) is 0 Å². The summed E-state index contributed by atoms with van der Waals surface area (Å²) in [6.45, 7) is 3.84. The number of aromatic nitrogens is 2. The van der Waals surface area contributed by atoms with E-state index in [9.17, 15) is 14.4 Å². The summed E-state index contributed by atoms with van der Waals surface area (Å²) >= 11 is 0. The molecule has 2 aromatic rings. The van der Waals surface area contributed by atoms with Crippen LogP contribution in [0.4, 0.5) is 11.6 Å². The van der Waals surface area contributed by atoms with E-state index in [-0.39, 0.29) is 30.7 Å². The van der Waals surface area contributed by atoms with Gasteiger partial charge in [-0.2, -0.15) is 0 Å². The first kappa shape index (κ1) is 21.7. The minimum absolute atomic E-state index is 0.0778. The first-order valence-electron chi connectivity index (χ1n) is 10.8. The Morgan fingerprint density at radius 3 is 2.44 bits per heavy atom. The number of piperazine rings is 2. The van der Waals surface area contributed by atoms with Crippen LogP contribution in [0.2, 0.25) is 0 Å². The van der Waals surface area contributed by atoms with E-state index in [1.807, 2.05) is 18.2 Å². The molecule has 3 amide bonds. The van der Waals surface area contributed by atoms with Gasteiger partial charge in [-0.3, -0.25) is 19.3 Å². The van der Waals surface area contributed by atoms with Crippen LogP contribution in [0.5, 0.6) is 0 Å². The van der Waals surface area contributed by atoms with Gasteiger partial charge in [0.05, 0.1) is 13.0 Å². The first-order chi connectivity index (χ1) is 15.6. The number of benzene rings is 1. The van der Waals surface area contributed by atoms with E-state index in [2.05, 4.69) is 30.4 Å². The third-order valence-electron chi connectivity index (χ3n) is 5.65. The normalized spacial score (nSPS) is 19.4. The summed E-state index contributed by atoms with van der Waals surface area (Å²) in [6, 6.07) is 10.0. The van der Waals surface area contributed by atoms with Crippen molar-refractivity contribution in [1.82, 2.24) is 25.1 Å². The van der Waals surface area contributed by atoms with Crippen LogP contribution in [0, 0.1) is 0 Å². The molecule has 10 nitrogen and oxygen atoms in total. The summed E-state index contributed by atoms with van der Waals surface area (Å²) in [4.78, 5) is 52.3. The van der Waals surface area contributed by atoms with Crippen LogP contribution in [-0.4, -0.2) is 89.3 Å². The fourth-order valence-corrected chi connectivity index (χ4v) is 3.97. The molecule has 2 saturated heterocycles. The lowest BCUT2D eigenvalue weighted by molar-refractivity contribution is -0.145. The van der Waals surface area contributed by atoms with Crippen molar-refractivity contribution in [2.75, 3.05) is 56.0 Å². The quantitative estimate of drug-likeness (QED) is 0.652. The van der Waals surface area contributed by atoms with E-state index in [1.54, 1.807) is 30.6 Å².